The molecule has 0 aromatic rings. The van der Waals surface area contributed by atoms with E-state index in [1.165, 1.54) is 0 Å². The van der Waals surface area contributed by atoms with Crippen LogP contribution in [0.3, 0.4) is 0 Å². The predicted octanol–water partition coefficient (Wildman–Crippen LogP) is 1.59. The maximum Gasteiger partial charge on any atom is 0.0971 e. The molecular weight excluding hydrogens is 160 g/mol. The van der Waals surface area contributed by atoms with Gasteiger partial charge in [-0.2, -0.15) is 0 Å². The van der Waals surface area contributed by atoms with Gasteiger partial charge in [-0.05, 0) is 6.42 Å². The van der Waals surface area contributed by atoms with E-state index in [1.54, 1.807) is 0 Å². The minimum Gasteiger partial charge on any atom is -0.353 e. The van der Waals surface area contributed by atoms with Gasteiger partial charge in [0.25, 0.3) is 0 Å². The van der Waals surface area contributed by atoms with Gasteiger partial charge in [0, 0.05) is 14.1 Å². The minimum absolute atomic E-state index is 0.469. The molecule has 1 saturated heterocycles. The van der Waals surface area contributed by atoms with E-state index in [4.69, 9.17) is 0 Å². The summed E-state index contributed by atoms with van der Waals surface area (Å²) in [5, 5.41) is 0. The fraction of sp³-hybridized carbons (Fsp3) is 0.455. The van der Waals surface area contributed by atoms with Gasteiger partial charge in [-0.25, -0.2) is 0 Å². The topological polar surface area (TPSA) is 6.48 Å². The Bertz CT molecular complexity index is 252. The molecule has 0 aromatic carbocycles. The van der Waals surface area contributed by atoms with Crippen LogP contribution < -0.4 is 0 Å². The number of allylic oxidation sites excluding steroid dienone is 2. The van der Waals surface area contributed by atoms with Crippen molar-refractivity contribution in [1.29, 1.82) is 0 Å². The molecular formula is C11H16N2. The Balaban J connectivity index is 2.33. The smallest absolute Gasteiger partial charge is 0.0971 e. The molecule has 0 radical (unpaired) electrons. The first kappa shape index (κ1) is 8.42. The second-order valence-electron chi connectivity index (χ2n) is 3.71. The predicted molar refractivity (Wildman–Crippen MR) is 55.1 cm³/mol. The standard InChI is InChI=1S/C11H16N2/c1-9-12(2)10-7-5-4-6-8-11(10)13(9)3/h5-8,10-11H,1,4H2,2-3H3. The highest BCUT2D eigenvalue weighted by molar-refractivity contribution is 5.22. The van der Waals surface area contributed by atoms with Gasteiger partial charge in [-0.3, -0.25) is 0 Å². The Hall–Kier alpha value is -1.18. The zero-order valence-corrected chi connectivity index (χ0v) is 8.27. The Labute approximate surface area is 79.8 Å². The summed E-state index contributed by atoms with van der Waals surface area (Å²) in [5.41, 5.74) is 0. The van der Waals surface area contributed by atoms with E-state index in [9.17, 15) is 0 Å². The molecule has 2 atom stereocenters. The summed E-state index contributed by atoms with van der Waals surface area (Å²) < 4.78 is 0. The first-order chi connectivity index (χ1) is 6.22. The number of nitrogens with zero attached hydrogens (tertiary/aromatic N) is 2. The van der Waals surface area contributed by atoms with Crippen LogP contribution in [0.15, 0.2) is 36.7 Å². The number of likely N-dealkylation sites (N-methyl/N-ethyl adjacent to an activating group) is 2. The number of fused-ring (bicyclic) bond motifs is 1. The van der Waals surface area contributed by atoms with Gasteiger partial charge in [0.2, 0.25) is 0 Å². The molecule has 2 nitrogen and oxygen atoms in total. The van der Waals surface area contributed by atoms with Crippen molar-refractivity contribution in [3.8, 4) is 0 Å². The molecule has 2 rings (SSSR count). The Morgan fingerprint density at radius 2 is 1.62 bits per heavy atom. The normalized spacial score (nSPS) is 32.3. The fourth-order valence-electron chi connectivity index (χ4n) is 2.05. The van der Waals surface area contributed by atoms with E-state index in [0.717, 1.165) is 12.2 Å². The first-order valence-electron chi connectivity index (χ1n) is 4.69. The van der Waals surface area contributed by atoms with E-state index in [0.29, 0.717) is 12.1 Å². The summed E-state index contributed by atoms with van der Waals surface area (Å²) in [7, 11) is 4.21. The molecule has 0 aromatic heterocycles. The molecule has 0 N–H and O–H groups in total. The average molecular weight is 176 g/mol. The van der Waals surface area contributed by atoms with Gasteiger partial charge in [0.1, 0.15) is 0 Å². The molecule has 1 aliphatic heterocycles. The van der Waals surface area contributed by atoms with Crippen molar-refractivity contribution < 1.29 is 0 Å². The summed E-state index contributed by atoms with van der Waals surface area (Å²) in [5.74, 6) is 1.10. The van der Waals surface area contributed by atoms with Gasteiger partial charge in [0.15, 0.2) is 0 Å². The molecule has 1 heterocycles. The lowest BCUT2D eigenvalue weighted by atomic mass is 10.1. The number of rotatable bonds is 0. The molecule has 1 fully saturated rings. The van der Waals surface area contributed by atoms with Crippen molar-refractivity contribution in [2.75, 3.05) is 14.1 Å². The van der Waals surface area contributed by atoms with Crippen molar-refractivity contribution in [3.63, 3.8) is 0 Å². The first-order valence-corrected chi connectivity index (χ1v) is 4.69. The largest absolute Gasteiger partial charge is 0.353 e. The van der Waals surface area contributed by atoms with Gasteiger partial charge < -0.3 is 9.80 Å². The monoisotopic (exact) mass is 176 g/mol. The van der Waals surface area contributed by atoms with Crippen LogP contribution in [0.25, 0.3) is 0 Å². The average Bonchev–Trinajstić information content (AvgIpc) is 2.40. The van der Waals surface area contributed by atoms with E-state index in [2.05, 4.69) is 54.8 Å². The Kier molecular flexibility index (Phi) is 1.91. The molecule has 0 bridgehead atoms. The van der Waals surface area contributed by atoms with Crippen LogP contribution in [0.5, 0.6) is 0 Å². The quantitative estimate of drug-likeness (QED) is 0.517. The summed E-state index contributed by atoms with van der Waals surface area (Å²) >= 11 is 0. The maximum absolute atomic E-state index is 4.06. The molecule has 13 heavy (non-hydrogen) atoms. The highest BCUT2D eigenvalue weighted by atomic mass is 15.4. The highest BCUT2D eigenvalue weighted by Crippen LogP contribution is 2.28. The van der Waals surface area contributed by atoms with E-state index >= 15 is 0 Å². The van der Waals surface area contributed by atoms with Crippen molar-refractivity contribution >= 4 is 0 Å². The lowest BCUT2D eigenvalue weighted by Gasteiger charge is -2.18. The van der Waals surface area contributed by atoms with Crippen LogP contribution in [-0.2, 0) is 0 Å². The van der Waals surface area contributed by atoms with Crippen molar-refractivity contribution in [1.82, 2.24) is 9.80 Å². The van der Waals surface area contributed by atoms with E-state index in [-0.39, 0.29) is 0 Å². The molecule has 2 aliphatic rings. The zero-order chi connectivity index (χ0) is 9.42. The summed E-state index contributed by atoms with van der Waals surface area (Å²) in [6.45, 7) is 4.06. The summed E-state index contributed by atoms with van der Waals surface area (Å²) in [4.78, 5) is 4.47. The highest BCUT2D eigenvalue weighted by Gasteiger charge is 2.34. The summed E-state index contributed by atoms with van der Waals surface area (Å²) in [6.07, 6.45) is 10.1. The van der Waals surface area contributed by atoms with E-state index in [1.807, 2.05) is 0 Å². The second kappa shape index (κ2) is 2.95. The molecule has 1 aliphatic carbocycles. The lowest BCUT2D eigenvalue weighted by Crippen LogP contribution is -2.31. The molecule has 0 spiro atoms. The Morgan fingerprint density at radius 3 is 2.08 bits per heavy atom. The van der Waals surface area contributed by atoms with Crippen LogP contribution in [0, 0.1) is 0 Å². The molecule has 2 heteroatoms. The number of hydrogen-bond acceptors (Lipinski definition) is 2. The third-order valence-corrected chi connectivity index (χ3v) is 3.00. The minimum atomic E-state index is 0.469. The second-order valence-corrected chi connectivity index (χ2v) is 3.71. The van der Waals surface area contributed by atoms with Crippen molar-refractivity contribution in [2.24, 2.45) is 0 Å². The third-order valence-electron chi connectivity index (χ3n) is 3.00. The number of hydrogen-bond donors (Lipinski definition) is 0. The van der Waals surface area contributed by atoms with E-state index < -0.39 is 0 Å². The zero-order valence-electron chi connectivity index (χ0n) is 8.27. The van der Waals surface area contributed by atoms with Gasteiger partial charge >= 0.3 is 0 Å². The van der Waals surface area contributed by atoms with Gasteiger partial charge in [0.05, 0.1) is 17.9 Å². The van der Waals surface area contributed by atoms with Crippen LogP contribution in [-0.4, -0.2) is 36.0 Å². The van der Waals surface area contributed by atoms with Crippen LogP contribution >= 0.6 is 0 Å². The molecule has 0 saturated carbocycles. The van der Waals surface area contributed by atoms with Gasteiger partial charge in [-0.15, -0.1) is 0 Å². The molecule has 70 valence electrons. The SMILES string of the molecule is C=C1N(C)C2C=CCC=CC2N1C. The molecule has 0 amide bonds. The van der Waals surface area contributed by atoms with Crippen LogP contribution in [0.4, 0.5) is 0 Å². The maximum atomic E-state index is 4.06. The summed E-state index contributed by atoms with van der Waals surface area (Å²) in [6, 6.07) is 0.937. The third kappa shape index (κ3) is 1.17. The lowest BCUT2D eigenvalue weighted by molar-refractivity contribution is 0.402. The van der Waals surface area contributed by atoms with Crippen LogP contribution in [0.2, 0.25) is 0 Å². The van der Waals surface area contributed by atoms with Gasteiger partial charge in [-0.1, -0.05) is 30.9 Å². The van der Waals surface area contributed by atoms with Crippen LogP contribution in [0.1, 0.15) is 6.42 Å². The Morgan fingerprint density at radius 1 is 1.15 bits per heavy atom. The van der Waals surface area contributed by atoms with Crippen molar-refractivity contribution in [2.45, 2.75) is 18.5 Å². The van der Waals surface area contributed by atoms with Crippen molar-refractivity contribution in [3.05, 3.63) is 36.7 Å². The fourth-order valence-corrected chi connectivity index (χ4v) is 2.05. The molecule has 2 unspecified atom stereocenters.